The van der Waals surface area contributed by atoms with E-state index in [9.17, 15) is 4.79 Å². The lowest BCUT2D eigenvalue weighted by Gasteiger charge is -2.25. The summed E-state index contributed by atoms with van der Waals surface area (Å²) in [5, 5.41) is 2.84. The van der Waals surface area contributed by atoms with Crippen molar-refractivity contribution in [1.82, 2.24) is 4.90 Å². The van der Waals surface area contributed by atoms with Crippen molar-refractivity contribution in [3.05, 3.63) is 24.3 Å². The monoisotopic (exact) mass is 249 g/mol. The summed E-state index contributed by atoms with van der Waals surface area (Å²) in [4.78, 5) is 13.8. The Labute approximate surface area is 109 Å². The molecule has 4 nitrogen and oxygen atoms in total. The highest BCUT2D eigenvalue weighted by molar-refractivity contribution is 5.92. The number of rotatable bonds is 4. The number of carbonyl (C=O) groups excluding carboxylic acids is 1. The van der Waals surface area contributed by atoms with Gasteiger partial charge in [0, 0.05) is 17.9 Å². The van der Waals surface area contributed by atoms with Gasteiger partial charge in [0.15, 0.2) is 0 Å². The van der Waals surface area contributed by atoms with Crippen LogP contribution < -0.4 is 11.1 Å². The summed E-state index contributed by atoms with van der Waals surface area (Å²) >= 11 is 0. The summed E-state index contributed by atoms with van der Waals surface area (Å²) in [6.45, 7) is 7.71. The molecule has 0 spiro atoms. The van der Waals surface area contributed by atoms with E-state index in [1.54, 1.807) is 12.1 Å². The lowest BCUT2D eigenvalue weighted by Crippen LogP contribution is -2.35. The predicted octanol–water partition coefficient (Wildman–Crippen LogP) is 2.19. The van der Waals surface area contributed by atoms with Gasteiger partial charge >= 0.3 is 0 Å². The fourth-order valence-electron chi connectivity index (χ4n) is 1.93. The summed E-state index contributed by atoms with van der Waals surface area (Å²) < 4.78 is 0. The van der Waals surface area contributed by atoms with E-state index in [1.807, 2.05) is 24.1 Å². The van der Waals surface area contributed by atoms with E-state index < -0.39 is 0 Å². The lowest BCUT2D eigenvalue weighted by molar-refractivity contribution is -0.117. The molecule has 18 heavy (non-hydrogen) atoms. The van der Waals surface area contributed by atoms with Crippen molar-refractivity contribution in [2.75, 3.05) is 31.2 Å². The summed E-state index contributed by atoms with van der Waals surface area (Å²) in [5.74, 6) is -0.0210. The average molecular weight is 249 g/mol. The molecule has 0 heterocycles. The molecule has 0 unspecified atom stereocenters. The van der Waals surface area contributed by atoms with E-state index in [4.69, 9.17) is 5.73 Å². The summed E-state index contributed by atoms with van der Waals surface area (Å²) in [6, 6.07) is 7.20. The van der Waals surface area contributed by atoms with Crippen LogP contribution in [0.4, 0.5) is 11.4 Å². The van der Waals surface area contributed by atoms with E-state index in [0.29, 0.717) is 12.2 Å². The molecule has 0 saturated heterocycles. The van der Waals surface area contributed by atoms with Gasteiger partial charge < -0.3 is 11.1 Å². The van der Waals surface area contributed by atoms with Gasteiger partial charge in [-0.1, -0.05) is 26.8 Å². The minimum Gasteiger partial charge on any atom is -0.399 e. The molecule has 0 atom stereocenters. The zero-order valence-electron chi connectivity index (χ0n) is 11.7. The Morgan fingerprint density at radius 3 is 2.61 bits per heavy atom. The smallest absolute Gasteiger partial charge is 0.238 e. The van der Waals surface area contributed by atoms with E-state index in [1.165, 1.54) is 0 Å². The van der Waals surface area contributed by atoms with Crippen molar-refractivity contribution in [2.24, 2.45) is 5.41 Å². The molecule has 1 aromatic rings. The van der Waals surface area contributed by atoms with Crippen LogP contribution in [0.2, 0.25) is 0 Å². The number of benzene rings is 1. The Balaban J connectivity index is 2.47. The van der Waals surface area contributed by atoms with E-state index >= 15 is 0 Å². The molecule has 0 aliphatic rings. The number of carbonyl (C=O) groups is 1. The van der Waals surface area contributed by atoms with Crippen LogP contribution in [0.25, 0.3) is 0 Å². The van der Waals surface area contributed by atoms with Crippen LogP contribution in [-0.2, 0) is 4.79 Å². The summed E-state index contributed by atoms with van der Waals surface area (Å²) in [5.41, 5.74) is 7.23. The highest BCUT2D eigenvalue weighted by Gasteiger charge is 2.15. The molecule has 0 aromatic heterocycles. The maximum atomic E-state index is 11.8. The third kappa shape index (κ3) is 5.68. The highest BCUT2D eigenvalue weighted by atomic mass is 16.2. The molecule has 0 bridgehead atoms. The average Bonchev–Trinajstić information content (AvgIpc) is 2.13. The molecule has 0 aliphatic heterocycles. The van der Waals surface area contributed by atoms with Crippen molar-refractivity contribution >= 4 is 17.3 Å². The molecule has 1 rings (SSSR count). The molecule has 100 valence electrons. The lowest BCUT2D eigenvalue weighted by atomic mass is 9.96. The van der Waals surface area contributed by atoms with Gasteiger partial charge in [-0.25, -0.2) is 0 Å². The maximum absolute atomic E-state index is 11.8. The van der Waals surface area contributed by atoms with Gasteiger partial charge in [0.1, 0.15) is 0 Å². The number of hydrogen-bond acceptors (Lipinski definition) is 3. The second kappa shape index (κ2) is 5.87. The molecular formula is C14H23N3O. The van der Waals surface area contributed by atoms with E-state index in [2.05, 4.69) is 26.1 Å². The Bertz CT molecular complexity index is 410. The fraction of sp³-hybridized carbons (Fsp3) is 0.500. The second-order valence-electron chi connectivity index (χ2n) is 5.91. The topological polar surface area (TPSA) is 58.4 Å². The van der Waals surface area contributed by atoms with Crippen LogP contribution in [0, 0.1) is 5.41 Å². The predicted molar refractivity (Wildman–Crippen MR) is 76.4 cm³/mol. The fourth-order valence-corrected chi connectivity index (χ4v) is 1.93. The number of nitrogen functional groups attached to an aromatic ring is 1. The van der Waals surface area contributed by atoms with Crippen LogP contribution in [0.3, 0.4) is 0 Å². The molecule has 0 fully saturated rings. The van der Waals surface area contributed by atoms with Crippen LogP contribution in [-0.4, -0.2) is 30.9 Å². The largest absolute Gasteiger partial charge is 0.399 e. The first-order valence-electron chi connectivity index (χ1n) is 6.10. The van der Waals surface area contributed by atoms with Crippen LogP contribution >= 0.6 is 0 Å². The zero-order valence-corrected chi connectivity index (χ0v) is 11.7. The zero-order chi connectivity index (χ0) is 13.8. The minimum atomic E-state index is -0.0210. The third-order valence-corrected chi connectivity index (χ3v) is 2.33. The number of amides is 1. The van der Waals surface area contributed by atoms with Gasteiger partial charge in [-0.3, -0.25) is 9.69 Å². The Morgan fingerprint density at radius 2 is 2.06 bits per heavy atom. The van der Waals surface area contributed by atoms with E-state index in [-0.39, 0.29) is 11.3 Å². The van der Waals surface area contributed by atoms with Gasteiger partial charge in [-0.2, -0.15) is 0 Å². The Kier molecular flexibility index (Phi) is 4.73. The minimum absolute atomic E-state index is 0.0210. The highest BCUT2D eigenvalue weighted by Crippen LogP contribution is 2.14. The third-order valence-electron chi connectivity index (χ3n) is 2.33. The number of anilines is 2. The number of nitrogens with two attached hydrogens (primary N) is 1. The van der Waals surface area contributed by atoms with Gasteiger partial charge in [-0.15, -0.1) is 0 Å². The molecule has 3 N–H and O–H groups in total. The van der Waals surface area contributed by atoms with Crippen molar-refractivity contribution < 1.29 is 4.79 Å². The van der Waals surface area contributed by atoms with Gasteiger partial charge in [-0.05, 0) is 30.7 Å². The summed E-state index contributed by atoms with van der Waals surface area (Å²) in [7, 11) is 1.95. The van der Waals surface area contributed by atoms with Gasteiger partial charge in [0.2, 0.25) is 5.91 Å². The summed E-state index contributed by atoms with van der Waals surface area (Å²) in [6.07, 6.45) is 0. The number of hydrogen-bond donors (Lipinski definition) is 2. The van der Waals surface area contributed by atoms with Crippen molar-refractivity contribution in [1.29, 1.82) is 0 Å². The first kappa shape index (κ1) is 14.5. The first-order valence-corrected chi connectivity index (χ1v) is 6.10. The first-order chi connectivity index (χ1) is 8.26. The quantitative estimate of drug-likeness (QED) is 0.804. The molecule has 1 aromatic carbocycles. The molecule has 4 heteroatoms. The Morgan fingerprint density at radius 1 is 1.39 bits per heavy atom. The maximum Gasteiger partial charge on any atom is 0.238 e. The SMILES string of the molecule is CN(CC(=O)Nc1cccc(N)c1)CC(C)(C)C. The van der Waals surface area contributed by atoms with Crippen LogP contribution in [0.1, 0.15) is 20.8 Å². The standard InChI is InChI=1S/C14H23N3O/c1-14(2,3)10-17(4)9-13(18)16-12-7-5-6-11(15)8-12/h5-8H,9-10,15H2,1-4H3,(H,16,18). The number of nitrogens with zero attached hydrogens (tertiary/aromatic N) is 1. The van der Waals surface area contributed by atoms with Crippen molar-refractivity contribution in [3.63, 3.8) is 0 Å². The molecule has 0 saturated carbocycles. The van der Waals surface area contributed by atoms with Crippen molar-refractivity contribution in [3.8, 4) is 0 Å². The van der Waals surface area contributed by atoms with E-state index in [0.717, 1.165) is 12.2 Å². The molecule has 1 amide bonds. The van der Waals surface area contributed by atoms with Crippen LogP contribution in [0.15, 0.2) is 24.3 Å². The molecule has 0 radical (unpaired) electrons. The van der Waals surface area contributed by atoms with Crippen molar-refractivity contribution in [2.45, 2.75) is 20.8 Å². The van der Waals surface area contributed by atoms with Gasteiger partial charge in [0.25, 0.3) is 0 Å². The Hall–Kier alpha value is -1.55. The molecule has 0 aliphatic carbocycles. The van der Waals surface area contributed by atoms with Crippen LogP contribution in [0.5, 0.6) is 0 Å². The number of likely N-dealkylation sites (N-methyl/N-ethyl adjacent to an activating group) is 1. The second-order valence-corrected chi connectivity index (χ2v) is 5.91. The number of nitrogens with one attached hydrogen (secondary N) is 1. The molecular weight excluding hydrogens is 226 g/mol. The normalized spacial score (nSPS) is 11.6. The van der Waals surface area contributed by atoms with Gasteiger partial charge in [0.05, 0.1) is 6.54 Å².